The number of fused-ring (bicyclic) bond motifs is 1. The molecule has 0 radical (unpaired) electrons. The summed E-state index contributed by atoms with van der Waals surface area (Å²) in [5.41, 5.74) is 0.829. The Morgan fingerprint density at radius 1 is 1.33 bits per heavy atom. The van der Waals surface area contributed by atoms with Gasteiger partial charge in [0.1, 0.15) is 18.3 Å². The standard InChI is InChI=1S/C15H19NO4S/c1-15(2)19-12-9-18-11(13(12)20-15)8-16(14(17)21)10-6-4-3-5-7-10/h3-7,11-13H,8-9H2,1-2H3,(H,17,21). The second-order valence-corrected chi connectivity index (χ2v) is 6.10. The molecule has 0 aliphatic carbocycles. The molecule has 1 aromatic rings. The Morgan fingerprint density at radius 2 is 2.05 bits per heavy atom. The first-order chi connectivity index (χ1) is 9.96. The minimum atomic E-state index is -0.589. The SMILES string of the molecule is CC1(C)OC2COC(CN(C(O)=S)c3ccccc3)C2O1. The first kappa shape index (κ1) is 14.7. The predicted molar refractivity (Wildman–Crippen MR) is 82.6 cm³/mol. The fourth-order valence-electron chi connectivity index (χ4n) is 2.86. The van der Waals surface area contributed by atoms with Gasteiger partial charge in [0.05, 0.1) is 13.2 Å². The van der Waals surface area contributed by atoms with Crippen molar-refractivity contribution in [2.24, 2.45) is 0 Å². The Morgan fingerprint density at radius 3 is 2.71 bits per heavy atom. The number of rotatable bonds is 3. The molecule has 3 rings (SSSR count). The molecule has 1 N–H and O–H groups in total. The molecule has 114 valence electrons. The molecule has 3 unspecified atom stereocenters. The molecule has 0 spiro atoms. The molecule has 3 atom stereocenters. The summed E-state index contributed by atoms with van der Waals surface area (Å²) in [6.07, 6.45) is -0.391. The van der Waals surface area contributed by atoms with Gasteiger partial charge in [0.25, 0.3) is 5.17 Å². The Hall–Kier alpha value is -1.21. The van der Waals surface area contributed by atoms with Gasteiger partial charge in [-0.2, -0.15) is 0 Å². The van der Waals surface area contributed by atoms with Gasteiger partial charge in [-0.1, -0.05) is 18.2 Å². The summed E-state index contributed by atoms with van der Waals surface area (Å²) < 4.78 is 17.4. The van der Waals surface area contributed by atoms with Crippen molar-refractivity contribution in [3.8, 4) is 0 Å². The third kappa shape index (κ3) is 3.03. The number of ether oxygens (including phenoxy) is 3. The molecule has 6 heteroatoms. The first-order valence-corrected chi connectivity index (χ1v) is 7.40. The number of hydrogen-bond donors (Lipinski definition) is 1. The number of para-hydroxylation sites is 1. The lowest BCUT2D eigenvalue weighted by molar-refractivity contribution is -0.173. The second-order valence-electron chi connectivity index (χ2n) is 5.74. The highest BCUT2D eigenvalue weighted by Crippen LogP contribution is 2.35. The van der Waals surface area contributed by atoms with E-state index in [0.717, 1.165) is 5.69 Å². The Labute approximate surface area is 129 Å². The monoisotopic (exact) mass is 309 g/mol. The molecule has 1 aromatic carbocycles. The van der Waals surface area contributed by atoms with Crippen LogP contribution in [0.3, 0.4) is 0 Å². The molecule has 2 aliphatic rings. The van der Waals surface area contributed by atoms with Crippen LogP contribution in [0.4, 0.5) is 5.69 Å². The fourth-order valence-corrected chi connectivity index (χ4v) is 3.04. The van der Waals surface area contributed by atoms with Crippen molar-refractivity contribution in [1.29, 1.82) is 0 Å². The van der Waals surface area contributed by atoms with Gasteiger partial charge in [-0.05, 0) is 38.2 Å². The van der Waals surface area contributed by atoms with Gasteiger partial charge in [-0.25, -0.2) is 0 Å². The van der Waals surface area contributed by atoms with Crippen LogP contribution in [0.1, 0.15) is 13.8 Å². The zero-order chi connectivity index (χ0) is 15.0. The number of aliphatic hydroxyl groups is 1. The molecule has 2 heterocycles. The van der Waals surface area contributed by atoms with E-state index in [1.54, 1.807) is 4.90 Å². The van der Waals surface area contributed by atoms with Crippen LogP contribution >= 0.6 is 12.2 Å². The Bertz CT molecular complexity index is 522. The minimum absolute atomic E-state index is 0.0603. The third-order valence-corrected chi connectivity index (χ3v) is 3.94. The third-order valence-electron chi connectivity index (χ3n) is 3.72. The first-order valence-electron chi connectivity index (χ1n) is 6.99. The van der Waals surface area contributed by atoms with Crippen molar-refractivity contribution in [3.05, 3.63) is 30.3 Å². The highest BCUT2D eigenvalue weighted by Gasteiger charge is 2.50. The van der Waals surface area contributed by atoms with E-state index in [0.29, 0.717) is 13.2 Å². The van der Waals surface area contributed by atoms with Crippen molar-refractivity contribution in [2.75, 3.05) is 18.1 Å². The number of thiocarbonyl (C=S) groups is 1. The van der Waals surface area contributed by atoms with Crippen LogP contribution < -0.4 is 4.90 Å². The van der Waals surface area contributed by atoms with Crippen LogP contribution in [0.5, 0.6) is 0 Å². The van der Waals surface area contributed by atoms with E-state index in [4.69, 9.17) is 26.4 Å². The summed E-state index contributed by atoms with van der Waals surface area (Å²) in [4.78, 5) is 1.65. The molecular weight excluding hydrogens is 290 g/mol. The summed E-state index contributed by atoms with van der Waals surface area (Å²) in [6, 6.07) is 9.50. The molecule has 0 amide bonds. The normalized spacial score (nSPS) is 30.1. The summed E-state index contributed by atoms with van der Waals surface area (Å²) in [5.74, 6) is -0.589. The van der Waals surface area contributed by atoms with Crippen LogP contribution in [0, 0.1) is 0 Å². The van der Waals surface area contributed by atoms with Crippen molar-refractivity contribution in [2.45, 2.75) is 37.9 Å². The summed E-state index contributed by atoms with van der Waals surface area (Å²) >= 11 is 4.95. The van der Waals surface area contributed by atoms with Gasteiger partial charge in [-0.3, -0.25) is 0 Å². The maximum Gasteiger partial charge on any atom is 0.261 e. The quantitative estimate of drug-likeness (QED) is 0.864. The van der Waals surface area contributed by atoms with E-state index in [-0.39, 0.29) is 23.5 Å². The average Bonchev–Trinajstić information content (AvgIpc) is 2.92. The van der Waals surface area contributed by atoms with Crippen molar-refractivity contribution >= 4 is 23.1 Å². The van der Waals surface area contributed by atoms with Gasteiger partial charge >= 0.3 is 0 Å². The zero-order valence-corrected chi connectivity index (χ0v) is 12.9. The van der Waals surface area contributed by atoms with Gasteiger partial charge < -0.3 is 24.2 Å². The maximum absolute atomic E-state index is 9.80. The van der Waals surface area contributed by atoms with E-state index in [9.17, 15) is 5.11 Å². The smallest absolute Gasteiger partial charge is 0.261 e. The van der Waals surface area contributed by atoms with Crippen LogP contribution in [0.2, 0.25) is 0 Å². The molecule has 2 aliphatic heterocycles. The highest BCUT2D eigenvalue weighted by atomic mass is 32.1. The number of nitrogens with zero attached hydrogens (tertiary/aromatic N) is 1. The number of aliphatic hydroxyl groups excluding tert-OH is 1. The fraction of sp³-hybridized carbons (Fsp3) is 0.533. The lowest BCUT2D eigenvalue weighted by Gasteiger charge is -2.27. The second kappa shape index (κ2) is 5.53. The van der Waals surface area contributed by atoms with E-state index in [1.807, 2.05) is 44.2 Å². The molecule has 2 fully saturated rings. The molecular formula is C15H19NO4S. The topological polar surface area (TPSA) is 51.2 Å². The van der Waals surface area contributed by atoms with E-state index in [1.165, 1.54) is 0 Å². The molecule has 0 aromatic heterocycles. The predicted octanol–water partition coefficient (Wildman–Crippen LogP) is 2.25. The van der Waals surface area contributed by atoms with E-state index >= 15 is 0 Å². The number of anilines is 1. The number of hydrogen-bond acceptors (Lipinski definition) is 4. The molecule has 0 saturated carbocycles. The largest absolute Gasteiger partial charge is 0.486 e. The maximum atomic E-state index is 9.80. The van der Waals surface area contributed by atoms with E-state index in [2.05, 4.69) is 0 Å². The lowest BCUT2D eigenvalue weighted by atomic mass is 10.1. The van der Waals surface area contributed by atoms with Crippen LogP contribution in [0.15, 0.2) is 30.3 Å². The molecule has 5 nitrogen and oxygen atoms in total. The van der Waals surface area contributed by atoms with Crippen molar-refractivity contribution in [1.82, 2.24) is 0 Å². The Balaban J connectivity index is 1.74. The number of benzene rings is 1. The van der Waals surface area contributed by atoms with Crippen LogP contribution in [-0.2, 0) is 14.2 Å². The Kier molecular flexibility index (Phi) is 3.88. The average molecular weight is 309 g/mol. The summed E-state index contributed by atoms with van der Waals surface area (Å²) in [6.45, 7) is 4.72. The van der Waals surface area contributed by atoms with E-state index < -0.39 is 5.79 Å². The molecule has 21 heavy (non-hydrogen) atoms. The van der Waals surface area contributed by atoms with Gasteiger partial charge in [0.15, 0.2) is 5.79 Å². The summed E-state index contributed by atoms with van der Waals surface area (Å²) in [7, 11) is 0. The van der Waals surface area contributed by atoms with Crippen LogP contribution in [-0.4, -0.2) is 47.5 Å². The van der Waals surface area contributed by atoms with Crippen LogP contribution in [0.25, 0.3) is 0 Å². The van der Waals surface area contributed by atoms with Gasteiger partial charge in [-0.15, -0.1) is 0 Å². The lowest BCUT2D eigenvalue weighted by Crippen LogP contribution is -2.42. The highest BCUT2D eigenvalue weighted by molar-refractivity contribution is 7.80. The molecule has 0 bridgehead atoms. The summed E-state index contributed by atoms with van der Waals surface area (Å²) in [5, 5.41) is 9.62. The minimum Gasteiger partial charge on any atom is -0.486 e. The van der Waals surface area contributed by atoms with Crippen molar-refractivity contribution in [3.63, 3.8) is 0 Å². The van der Waals surface area contributed by atoms with Gasteiger partial charge in [0, 0.05) is 5.69 Å². The van der Waals surface area contributed by atoms with Gasteiger partial charge in [0.2, 0.25) is 0 Å². The van der Waals surface area contributed by atoms with Crippen molar-refractivity contribution < 1.29 is 19.3 Å². The molecule has 2 saturated heterocycles. The zero-order valence-electron chi connectivity index (χ0n) is 12.1.